The van der Waals surface area contributed by atoms with Gasteiger partial charge >= 0.3 is 0 Å². The molecule has 0 spiro atoms. The van der Waals surface area contributed by atoms with E-state index in [-0.39, 0.29) is 5.91 Å². The van der Waals surface area contributed by atoms with Crippen molar-refractivity contribution in [1.29, 1.82) is 0 Å². The van der Waals surface area contributed by atoms with Crippen LogP contribution >= 0.6 is 11.3 Å². The first-order chi connectivity index (χ1) is 9.22. The lowest BCUT2D eigenvalue weighted by molar-refractivity contribution is 0.0950. The predicted octanol–water partition coefficient (Wildman–Crippen LogP) is 3.26. The van der Waals surface area contributed by atoms with Crippen LogP contribution in [0.5, 0.6) is 0 Å². The highest BCUT2D eigenvalue weighted by Gasteiger charge is 2.26. The molecule has 4 heteroatoms. The van der Waals surface area contributed by atoms with E-state index in [1.54, 1.807) is 11.3 Å². The molecule has 1 heterocycles. The molecule has 19 heavy (non-hydrogen) atoms. The quantitative estimate of drug-likeness (QED) is 0.928. The fraction of sp³-hybridized carbons (Fsp3) is 0.333. The molecule has 3 rings (SSSR count). The number of carbonyl (C=O) groups excluding carboxylic acids is 1. The fourth-order valence-corrected chi connectivity index (χ4v) is 2.89. The minimum absolute atomic E-state index is 0.0408. The van der Waals surface area contributed by atoms with Crippen LogP contribution in [0.4, 0.5) is 0 Å². The van der Waals surface area contributed by atoms with Gasteiger partial charge in [-0.3, -0.25) is 4.79 Å². The Labute approximate surface area is 116 Å². The van der Waals surface area contributed by atoms with Gasteiger partial charge < -0.3 is 5.32 Å². The fourth-order valence-electron chi connectivity index (χ4n) is 1.90. The Morgan fingerprint density at radius 3 is 2.79 bits per heavy atom. The van der Waals surface area contributed by atoms with Crippen LogP contribution in [0.2, 0.25) is 0 Å². The number of nitrogens with zero attached hydrogens (tertiary/aromatic N) is 1. The van der Waals surface area contributed by atoms with Crippen molar-refractivity contribution < 1.29 is 4.79 Å². The van der Waals surface area contributed by atoms with Crippen LogP contribution in [0.15, 0.2) is 29.6 Å². The molecular weight excluding hydrogens is 256 g/mol. The van der Waals surface area contributed by atoms with Gasteiger partial charge in [-0.05, 0) is 31.9 Å². The van der Waals surface area contributed by atoms with Crippen LogP contribution in [0.1, 0.15) is 45.4 Å². The van der Waals surface area contributed by atoms with Crippen LogP contribution < -0.4 is 5.32 Å². The summed E-state index contributed by atoms with van der Waals surface area (Å²) in [4.78, 5) is 16.5. The minimum atomic E-state index is -0.0408. The Kier molecular flexibility index (Phi) is 3.34. The molecule has 1 saturated carbocycles. The number of benzene rings is 1. The van der Waals surface area contributed by atoms with Gasteiger partial charge in [0.05, 0.1) is 17.2 Å². The van der Waals surface area contributed by atoms with Crippen molar-refractivity contribution in [2.45, 2.75) is 32.2 Å². The largest absolute Gasteiger partial charge is 0.346 e. The van der Waals surface area contributed by atoms with Crippen molar-refractivity contribution in [2.24, 2.45) is 0 Å². The van der Waals surface area contributed by atoms with Gasteiger partial charge in [-0.15, -0.1) is 11.3 Å². The van der Waals surface area contributed by atoms with Crippen molar-refractivity contribution in [1.82, 2.24) is 10.3 Å². The van der Waals surface area contributed by atoms with Gasteiger partial charge in [0.2, 0.25) is 0 Å². The van der Waals surface area contributed by atoms with E-state index in [9.17, 15) is 4.79 Å². The zero-order chi connectivity index (χ0) is 13.2. The lowest BCUT2D eigenvalue weighted by Crippen LogP contribution is -2.22. The Bertz CT molecular complexity index is 584. The summed E-state index contributed by atoms with van der Waals surface area (Å²) in [5.41, 5.74) is 2.82. The maximum absolute atomic E-state index is 11.9. The molecule has 98 valence electrons. The second-order valence-electron chi connectivity index (χ2n) is 5.00. The average Bonchev–Trinajstić information content (AvgIpc) is 3.16. The number of aryl methyl sites for hydroxylation is 1. The number of nitrogens with one attached hydrogen (secondary N) is 1. The molecule has 1 aromatic carbocycles. The lowest BCUT2D eigenvalue weighted by atomic mass is 10.1. The summed E-state index contributed by atoms with van der Waals surface area (Å²) in [5.74, 6) is 0.646. The number of rotatable bonds is 4. The smallest absolute Gasteiger partial charge is 0.251 e. The maximum atomic E-state index is 11.9. The van der Waals surface area contributed by atoms with E-state index in [0.29, 0.717) is 18.0 Å². The van der Waals surface area contributed by atoms with E-state index in [4.69, 9.17) is 0 Å². The molecule has 3 nitrogen and oxygen atoms in total. The first kappa shape index (κ1) is 12.4. The topological polar surface area (TPSA) is 42.0 Å². The first-order valence-electron chi connectivity index (χ1n) is 6.51. The first-order valence-corrected chi connectivity index (χ1v) is 7.39. The molecule has 1 N–H and O–H groups in total. The van der Waals surface area contributed by atoms with Crippen LogP contribution in [0.25, 0.3) is 0 Å². The molecule has 0 unspecified atom stereocenters. The number of amides is 1. The van der Waals surface area contributed by atoms with Gasteiger partial charge in [-0.2, -0.15) is 0 Å². The molecule has 0 atom stereocenters. The standard InChI is InChI=1S/C15H16N2OS/c1-10-2-4-11(5-3-10)14(18)16-8-13-9-19-15(17-13)12-6-7-12/h2-5,9,12H,6-8H2,1H3,(H,16,18). The van der Waals surface area contributed by atoms with E-state index in [1.165, 1.54) is 17.8 Å². The Morgan fingerprint density at radius 1 is 1.37 bits per heavy atom. The van der Waals surface area contributed by atoms with Crippen LogP contribution in [-0.2, 0) is 6.54 Å². The van der Waals surface area contributed by atoms with E-state index in [1.807, 2.05) is 36.6 Å². The second-order valence-corrected chi connectivity index (χ2v) is 5.89. The molecule has 0 bridgehead atoms. The highest BCUT2D eigenvalue weighted by atomic mass is 32.1. The summed E-state index contributed by atoms with van der Waals surface area (Å²) >= 11 is 1.71. The monoisotopic (exact) mass is 272 g/mol. The summed E-state index contributed by atoms with van der Waals surface area (Å²) in [7, 11) is 0. The van der Waals surface area contributed by atoms with Gasteiger partial charge in [0, 0.05) is 16.9 Å². The van der Waals surface area contributed by atoms with Gasteiger partial charge in [-0.1, -0.05) is 17.7 Å². The van der Waals surface area contributed by atoms with Gasteiger partial charge in [-0.25, -0.2) is 4.98 Å². The molecule has 1 fully saturated rings. The summed E-state index contributed by atoms with van der Waals surface area (Å²) in [6.45, 7) is 2.52. The molecule has 1 aliphatic rings. The molecule has 1 aromatic heterocycles. The van der Waals surface area contributed by atoms with Gasteiger partial charge in [0.15, 0.2) is 0 Å². The molecular formula is C15H16N2OS. The van der Waals surface area contributed by atoms with Crippen molar-refractivity contribution in [3.63, 3.8) is 0 Å². The Balaban J connectivity index is 1.58. The van der Waals surface area contributed by atoms with Crippen molar-refractivity contribution in [3.05, 3.63) is 51.5 Å². The van der Waals surface area contributed by atoms with E-state index in [0.717, 1.165) is 11.3 Å². The third-order valence-electron chi connectivity index (χ3n) is 3.24. The van der Waals surface area contributed by atoms with Crippen molar-refractivity contribution in [3.8, 4) is 0 Å². The zero-order valence-corrected chi connectivity index (χ0v) is 11.7. The van der Waals surface area contributed by atoms with Crippen LogP contribution in [0.3, 0.4) is 0 Å². The zero-order valence-electron chi connectivity index (χ0n) is 10.8. The molecule has 1 amide bonds. The van der Waals surface area contributed by atoms with Gasteiger partial charge in [0.1, 0.15) is 0 Å². The highest BCUT2D eigenvalue weighted by molar-refractivity contribution is 7.09. The molecule has 2 aromatic rings. The molecule has 0 saturated heterocycles. The molecule has 0 aliphatic heterocycles. The number of thiazole rings is 1. The third-order valence-corrected chi connectivity index (χ3v) is 4.30. The van der Waals surface area contributed by atoms with E-state index >= 15 is 0 Å². The summed E-state index contributed by atoms with van der Waals surface area (Å²) in [5, 5.41) is 6.18. The Hall–Kier alpha value is -1.68. The lowest BCUT2D eigenvalue weighted by Gasteiger charge is -2.03. The number of carbonyl (C=O) groups is 1. The second kappa shape index (κ2) is 5.13. The summed E-state index contributed by atoms with van der Waals surface area (Å²) in [6.07, 6.45) is 2.53. The average molecular weight is 272 g/mol. The third kappa shape index (κ3) is 3.01. The minimum Gasteiger partial charge on any atom is -0.346 e. The highest BCUT2D eigenvalue weighted by Crippen LogP contribution is 2.41. The van der Waals surface area contributed by atoms with E-state index in [2.05, 4.69) is 10.3 Å². The SMILES string of the molecule is Cc1ccc(C(=O)NCc2csc(C3CC3)n2)cc1. The van der Waals surface area contributed by atoms with Gasteiger partial charge in [0.25, 0.3) is 5.91 Å². The van der Waals surface area contributed by atoms with Crippen molar-refractivity contribution in [2.75, 3.05) is 0 Å². The number of aromatic nitrogens is 1. The van der Waals surface area contributed by atoms with Crippen molar-refractivity contribution >= 4 is 17.2 Å². The molecule has 1 aliphatic carbocycles. The maximum Gasteiger partial charge on any atom is 0.251 e. The Morgan fingerprint density at radius 2 is 2.11 bits per heavy atom. The summed E-state index contributed by atoms with van der Waals surface area (Å²) < 4.78 is 0. The van der Waals surface area contributed by atoms with Crippen LogP contribution in [-0.4, -0.2) is 10.9 Å². The number of hydrogen-bond donors (Lipinski definition) is 1. The predicted molar refractivity (Wildman–Crippen MR) is 76.4 cm³/mol. The molecule has 0 radical (unpaired) electrons. The van der Waals surface area contributed by atoms with Crippen LogP contribution in [0, 0.1) is 6.92 Å². The number of hydrogen-bond acceptors (Lipinski definition) is 3. The van der Waals surface area contributed by atoms with E-state index < -0.39 is 0 Å². The summed E-state index contributed by atoms with van der Waals surface area (Å²) in [6, 6.07) is 7.59. The normalized spacial score (nSPS) is 14.4.